The van der Waals surface area contributed by atoms with Crippen molar-refractivity contribution < 1.29 is 40.6 Å². The topological polar surface area (TPSA) is 27.7 Å². The van der Waals surface area contributed by atoms with E-state index >= 15 is 0 Å². The van der Waals surface area contributed by atoms with Crippen LogP contribution in [0.25, 0.3) is 0 Å². The quantitative estimate of drug-likeness (QED) is 0.659. The highest BCUT2D eigenvalue weighted by Crippen LogP contribution is 2.61. The average Bonchev–Trinajstić information content (AvgIpc) is 3.01. The summed E-state index contributed by atoms with van der Waals surface area (Å²) in [7, 11) is 1.16. The molecule has 3 nitrogen and oxygen atoms in total. The van der Waals surface area contributed by atoms with Crippen molar-refractivity contribution in [3.63, 3.8) is 0 Å². The van der Waals surface area contributed by atoms with Gasteiger partial charge in [-0.1, -0.05) is 60.7 Å². The first-order valence-electron chi connectivity index (χ1n) is 8.18. The van der Waals surface area contributed by atoms with Gasteiger partial charge in [0, 0.05) is 7.11 Å². The summed E-state index contributed by atoms with van der Waals surface area (Å²) >= 11 is 0. The van der Waals surface area contributed by atoms with Gasteiger partial charge in [-0.2, -0.15) is 26.3 Å². The fourth-order valence-electron chi connectivity index (χ4n) is 3.30. The molecule has 0 N–H and O–H groups in total. The lowest BCUT2D eigenvalue weighted by Crippen LogP contribution is -2.59. The third-order valence-corrected chi connectivity index (χ3v) is 4.50. The van der Waals surface area contributed by atoms with Gasteiger partial charge in [-0.15, -0.1) is 0 Å². The third-order valence-electron chi connectivity index (χ3n) is 4.50. The van der Waals surface area contributed by atoms with Crippen LogP contribution in [0.3, 0.4) is 0 Å². The zero-order valence-electron chi connectivity index (χ0n) is 14.6. The van der Waals surface area contributed by atoms with Crippen molar-refractivity contribution in [2.75, 3.05) is 13.7 Å². The van der Waals surface area contributed by atoms with Gasteiger partial charge >= 0.3 is 18.1 Å². The van der Waals surface area contributed by atoms with Gasteiger partial charge in [-0.3, -0.25) is 0 Å². The number of benzene rings is 2. The molecule has 0 amide bonds. The smallest absolute Gasteiger partial charge is 0.381 e. The van der Waals surface area contributed by atoms with Crippen LogP contribution in [-0.2, 0) is 19.8 Å². The Kier molecular flexibility index (Phi) is 5.20. The van der Waals surface area contributed by atoms with Crippen molar-refractivity contribution in [1.29, 1.82) is 0 Å². The first-order chi connectivity index (χ1) is 13.1. The molecule has 0 aromatic heterocycles. The second-order valence-corrected chi connectivity index (χ2v) is 6.31. The summed E-state index contributed by atoms with van der Waals surface area (Å²) in [6.07, 6.45) is -13.5. The summed E-state index contributed by atoms with van der Waals surface area (Å²) in [6.45, 7) is -0.593. The van der Waals surface area contributed by atoms with Crippen LogP contribution in [0.15, 0.2) is 60.7 Å². The molecule has 1 heterocycles. The van der Waals surface area contributed by atoms with Crippen LogP contribution in [0, 0.1) is 0 Å². The molecule has 3 rings (SSSR count). The number of halogens is 6. The maximum absolute atomic E-state index is 13.7. The number of ether oxygens (including phenoxy) is 3. The highest BCUT2D eigenvalue weighted by Gasteiger charge is 2.81. The zero-order chi connectivity index (χ0) is 20.6. The second-order valence-electron chi connectivity index (χ2n) is 6.31. The number of rotatable bonds is 4. The molecule has 9 heteroatoms. The summed E-state index contributed by atoms with van der Waals surface area (Å²) in [5.41, 5.74) is -2.01. The fraction of sp³-hybridized carbons (Fsp3) is 0.368. The molecule has 1 saturated heterocycles. The number of methoxy groups -OCH3 is 1. The summed E-state index contributed by atoms with van der Waals surface area (Å²) < 4.78 is 96.7. The molecule has 0 radical (unpaired) electrons. The van der Waals surface area contributed by atoms with Crippen molar-refractivity contribution in [3.05, 3.63) is 71.8 Å². The summed E-state index contributed by atoms with van der Waals surface area (Å²) in [6, 6.07) is 14.6. The third kappa shape index (κ3) is 3.17. The van der Waals surface area contributed by atoms with Gasteiger partial charge in [-0.25, -0.2) is 0 Å². The molecule has 1 fully saturated rings. The van der Waals surface area contributed by atoms with E-state index in [2.05, 4.69) is 0 Å². The van der Waals surface area contributed by atoms with Crippen molar-refractivity contribution in [2.24, 2.45) is 0 Å². The number of alkyl halides is 6. The van der Waals surface area contributed by atoms with E-state index in [4.69, 9.17) is 14.2 Å². The molecular weight excluding hydrogens is 390 g/mol. The lowest BCUT2D eigenvalue weighted by Gasteiger charge is -2.35. The summed E-state index contributed by atoms with van der Waals surface area (Å²) in [5, 5.41) is 0. The highest BCUT2D eigenvalue weighted by molar-refractivity contribution is 5.32. The Morgan fingerprint density at radius 1 is 0.857 bits per heavy atom. The maximum Gasteiger partial charge on any atom is 0.453 e. The van der Waals surface area contributed by atoms with E-state index in [-0.39, 0.29) is 11.1 Å². The van der Waals surface area contributed by atoms with E-state index in [0.717, 1.165) is 7.11 Å². The van der Waals surface area contributed by atoms with Gasteiger partial charge in [-0.05, 0) is 11.1 Å². The monoisotopic (exact) mass is 406 g/mol. The molecule has 2 aromatic carbocycles. The molecule has 0 aliphatic carbocycles. The molecule has 2 atom stereocenters. The second kappa shape index (κ2) is 7.06. The highest BCUT2D eigenvalue weighted by atomic mass is 19.4. The molecule has 0 bridgehead atoms. The standard InChI is InChI=1S/C19H16F6O3/c1-26-12-16(14-10-6-3-7-11-14)15(13-8-4-2-5-9-13)27-17(28-16,18(20,21)22)19(23,24)25/h2-11,15H,12H2,1H3. The maximum atomic E-state index is 13.7. The van der Waals surface area contributed by atoms with Gasteiger partial charge in [0.2, 0.25) is 0 Å². The molecule has 28 heavy (non-hydrogen) atoms. The van der Waals surface area contributed by atoms with Crippen LogP contribution in [0.4, 0.5) is 26.3 Å². The van der Waals surface area contributed by atoms with Gasteiger partial charge in [0.05, 0.1) is 6.61 Å². The molecule has 152 valence electrons. The van der Waals surface area contributed by atoms with Crippen LogP contribution < -0.4 is 0 Å². The van der Waals surface area contributed by atoms with Crippen LogP contribution in [0.1, 0.15) is 17.2 Å². The van der Waals surface area contributed by atoms with Crippen LogP contribution in [0.5, 0.6) is 0 Å². The molecular formula is C19H16F6O3. The Morgan fingerprint density at radius 2 is 1.36 bits per heavy atom. The minimum absolute atomic E-state index is 0.0704. The Morgan fingerprint density at radius 3 is 1.82 bits per heavy atom. The van der Waals surface area contributed by atoms with Crippen molar-refractivity contribution >= 4 is 0 Å². The SMILES string of the molecule is COCC1(c2ccccc2)OC(C(F)(F)F)(C(F)(F)F)OC1c1ccccc1. The minimum atomic E-state index is -5.87. The first-order valence-corrected chi connectivity index (χ1v) is 8.18. The lowest BCUT2D eigenvalue weighted by molar-refractivity contribution is -0.451. The van der Waals surface area contributed by atoms with E-state index in [1.54, 1.807) is 12.1 Å². The van der Waals surface area contributed by atoms with E-state index in [1.807, 2.05) is 0 Å². The van der Waals surface area contributed by atoms with E-state index in [9.17, 15) is 26.3 Å². The predicted molar refractivity (Wildman–Crippen MR) is 86.2 cm³/mol. The van der Waals surface area contributed by atoms with Gasteiger partial charge in [0.25, 0.3) is 0 Å². The minimum Gasteiger partial charge on any atom is -0.381 e. The number of hydrogen-bond donors (Lipinski definition) is 0. The molecule has 1 aliphatic rings. The Labute approximate surface area is 156 Å². The van der Waals surface area contributed by atoms with Crippen LogP contribution >= 0.6 is 0 Å². The Balaban J connectivity index is 2.28. The number of hydrogen-bond acceptors (Lipinski definition) is 3. The predicted octanol–water partition coefficient (Wildman–Crippen LogP) is 5.14. The zero-order valence-corrected chi connectivity index (χ0v) is 14.6. The largest absolute Gasteiger partial charge is 0.453 e. The molecule has 0 spiro atoms. The summed E-state index contributed by atoms with van der Waals surface area (Å²) in [4.78, 5) is 0. The van der Waals surface area contributed by atoms with Crippen molar-refractivity contribution in [1.82, 2.24) is 0 Å². The average molecular weight is 406 g/mol. The Hall–Kier alpha value is -2.10. The lowest BCUT2D eigenvalue weighted by atomic mass is 9.85. The van der Waals surface area contributed by atoms with E-state index < -0.39 is 36.5 Å². The van der Waals surface area contributed by atoms with Crippen molar-refractivity contribution in [2.45, 2.75) is 29.8 Å². The normalized spacial score (nSPS) is 25.0. The molecule has 2 aromatic rings. The Bertz CT molecular complexity index is 777. The first kappa shape index (κ1) is 20.6. The van der Waals surface area contributed by atoms with Gasteiger partial charge in [0.15, 0.2) is 5.60 Å². The van der Waals surface area contributed by atoms with E-state index in [0.29, 0.717) is 0 Å². The fourth-order valence-corrected chi connectivity index (χ4v) is 3.30. The molecule has 1 aliphatic heterocycles. The van der Waals surface area contributed by atoms with Gasteiger partial charge < -0.3 is 14.2 Å². The molecule has 2 unspecified atom stereocenters. The molecule has 0 saturated carbocycles. The van der Waals surface area contributed by atoms with E-state index in [1.165, 1.54) is 48.5 Å². The van der Waals surface area contributed by atoms with Crippen molar-refractivity contribution in [3.8, 4) is 0 Å². The van der Waals surface area contributed by atoms with Crippen LogP contribution in [0.2, 0.25) is 0 Å². The summed E-state index contributed by atoms with van der Waals surface area (Å²) in [5.74, 6) is -4.80. The van der Waals surface area contributed by atoms with Crippen LogP contribution in [-0.4, -0.2) is 31.9 Å². The van der Waals surface area contributed by atoms with Gasteiger partial charge in [0.1, 0.15) is 6.10 Å².